The maximum Gasteiger partial charge on any atom is 0.129 e. The Bertz CT molecular complexity index is 665. The van der Waals surface area contributed by atoms with Gasteiger partial charge in [0.05, 0.1) is 6.10 Å². The van der Waals surface area contributed by atoms with E-state index in [0.29, 0.717) is 23.8 Å². The van der Waals surface area contributed by atoms with Gasteiger partial charge in [-0.05, 0) is 43.7 Å². The van der Waals surface area contributed by atoms with Gasteiger partial charge < -0.3 is 14.6 Å². The molecule has 3 rings (SSSR count). The summed E-state index contributed by atoms with van der Waals surface area (Å²) in [5.41, 5.74) is 1.49. The molecule has 0 saturated carbocycles. The maximum atomic E-state index is 10.2. The van der Waals surface area contributed by atoms with E-state index in [4.69, 9.17) is 21.1 Å². The number of fused-ring (bicyclic) bond motifs is 1. The highest BCUT2D eigenvalue weighted by molar-refractivity contribution is 6.30. The fourth-order valence-electron chi connectivity index (χ4n) is 2.63. The van der Waals surface area contributed by atoms with Crippen LogP contribution in [0.2, 0.25) is 5.02 Å². The van der Waals surface area contributed by atoms with Crippen molar-refractivity contribution in [2.45, 2.75) is 38.6 Å². The van der Waals surface area contributed by atoms with Crippen LogP contribution in [0, 0.1) is 0 Å². The number of aliphatic hydroxyl groups is 1. The third kappa shape index (κ3) is 3.37. The first-order chi connectivity index (χ1) is 10.4. The van der Waals surface area contributed by atoms with Crippen LogP contribution in [0.25, 0.3) is 0 Å². The first-order valence-corrected chi connectivity index (χ1v) is 7.69. The van der Waals surface area contributed by atoms with E-state index in [-0.39, 0.29) is 5.60 Å². The number of aliphatic hydroxyl groups excluding tert-OH is 1. The van der Waals surface area contributed by atoms with Crippen molar-refractivity contribution >= 4 is 11.6 Å². The standard InChI is InChI=1S/C18H19ClO3/c1-18(2)10-16(20)15-8-7-14(9-17(15)22-18)21-11-12-3-5-13(19)6-4-12/h3-9,16,20H,10-11H2,1-2H3. The monoisotopic (exact) mass is 318 g/mol. The van der Waals surface area contributed by atoms with Crippen LogP contribution in [0.3, 0.4) is 0 Å². The lowest BCUT2D eigenvalue weighted by Gasteiger charge is -2.35. The van der Waals surface area contributed by atoms with Crippen LogP contribution in [-0.4, -0.2) is 10.7 Å². The molecule has 0 spiro atoms. The summed E-state index contributed by atoms with van der Waals surface area (Å²) < 4.78 is 11.7. The number of hydrogen-bond acceptors (Lipinski definition) is 3. The minimum Gasteiger partial charge on any atom is -0.489 e. The molecule has 0 aromatic heterocycles. The summed E-state index contributed by atoms with van der Waals surface area (Å²) in [6, 6.07) is 13.1. The fraction of sp³-hybridized carbons (Fsp3) is 0.333. The zero-order chi connectivity index (χ0) is 15.7. The van der Waals surface area contributed by atoms with Crippen molar-refractivity contribution in [3.05, 3.63) is 58.6 Å². The van der Waals surface area contributed by atoms with E-state index in [1.165, 1.54) is 0 Å². The Morgan fingerprint density at radius 2 is 1.95 bits per heavy atom. The minimum atomic E-state index is -0.496. The second kappa shape index (κ2) is 5.82. The van der Waals surface area contributed by atoms with Crippen molar-refractivity contribution in [1.29, 1.82) is 0 Å². The van der Waals surface area contributed by atoms with Gasteiger partial charge in [-0.25, -0.2) is 0 Å². The molecule has 4 heteroatoms. The molecule has 2 aromatic rings. The van der Waals surface area contributed by atoms with Crippen LogP contribution >= 0.6 is 11.6 Å². The predicted octanol–water partition coefficient (Wildman–Crippen LogP) is 4.51. The molecule has 3 nitrogen and oxygen atoms in total. The van der Waals surface area contributed by atoms with Crippen LogP contribution in [0.1, 0.15) is 37.5 Å². The van der Waals surface area contributed by atoms with Crippen molar-refractivity contribution in [1.82, 2.24) is 0 Å². The van der Waals surface area contributed by atoms with Crippen LogP contribution in [0.5, 0.6) is 11.5 Å². The maximum absolute atomic E-state index is 10.2. The topological polar surface area (TPSA) is 38.7 Å². The molecule has 116 valence electrons. The lowest BCUT2D eigenvalue weighted by molar-refractivity contribution is 0.0113. The Hall–Kier alpha value is -1.71. The Kier molecular flexibility index (Phi) is 4.02. The number of rotatable bonds is 3. The highest BCUT2D eigenvalue weighted by Gasteiger charge is 2.32. The van der Waals surface area contributed by atoms with Gasteiger partial charge in [-0.15, -0.1) is 0 Å². The highest BCUT2D eigenvalue weighted by Crippen LogP contribution is 2.41. The lowest BCUT2D eigenvalue weighted by Crippen LogP contribution is -2.34. The van der Waals surface area contributed by atoms with E-state index in [1.807, 2.05) is 56.3 Å². The number of hydrogen-bond donors (Lipinski definition) is 1. The third-order valence-electron chi connectivity index (χ3n) is 3.73. The largest absolute Gasteiger partial charge is 0.489 e. The summed E-state index contributed by atoms with van der Waals surface area (Å²) in [6.07, 6.45) is 0.0920. The molecule has 1 aliphatic heterocycles. The molecule has 0 amide bonds. The normalized spacial score (nSPS) is 19.2. The molecule has 1 unspecified atom stereocenters. The average molecular weight is 319 g/mol. The first kappa shape index (κ1) is 15.2. The average Bonchev–Trinajstić information content (AvgIpc) is 2.45. The van der Waals surface area contributed by atoms with E-state index < -0.39 is 6.10 Å². The van der Waals surface area contributed by atoms with Gasteiger partial charge in [-0.2, -0.15) is 0 Å². The highest BCUT2D eigenvalue weighted by atomic mass is 35.5. The second-order valence-electron chi connectivity index (χ2n) is 6.20. The van der Waals surface area contributed by atoms with Gasteiger partial charge in [0, 0.05) is 23.1 Å². The second-order valence-corrected chi connectivity index (χ2v) is 6.63. The van der Waals surface area contributed by atoms with Gasteiger partial charge in [-0.3, -0.25) is 0 Å². The van der Waals surface area contributed by atoms with Crippen molar-refractivity contribution in [3.63, 3.8) is 0 Å². The van der Waals surface area contributed by atoms with Gasteiger partial charge in [0.2, 0.25) is 0 Å². The van der Waals surface area contributed by atoms with E-state index in [0.717, 1.165) is 16.9 Å². The van der Waals surface area contributed by atoms with Crippen molar-refractivity contribution < 1.29 is 14.6 Å². The van der Waals surface area contributed by atoms with Crippen molar-refractivity contribution in [2.24, 2.45) is 0 Å². The molecule has 0 fully saturated rings. The molecule has 1 heterocycles. The molecule has 1 atom stereocenters. The summed E-state index contributed by atoms with van der Waals surface area (Å²) in [6.45, 7) is 4.41. The number of ether oxygens (including phenoxy) is 2. The Balaban J connectivity index is 1.74. The van der Waals surface area contributed by atoms with Crippen LogP contribution in [-0.2, 0) is 6.61 Å². The SMILES string of the molecule is CC1(C)CC(O)c2ccc(OCc3ccc(Cl)cc3)cc2O1. The van der Waals surface area contributed by atoms with Gasteiger partial charge in [0.15, 0.2) is 0 Å². The molecular formula is C18H19ClO3. The number of benzene rings is 2. The summed E-state index contributed by atoms with van der Waals surface area (Å²) in [5, 5.41) is 10.9. The zero-order valence-electron chi connectivity index (χ0n) is 12.7. The van der Waals surface area contributed by atoms with Crippen LogP contribution in [0.4, 0.5) is 0 Å². The molecule has 22 heavy (non-hydrogen) atoms. The van der Waals surface area contributed by atoms with Crippen molar-refractivity contribution in [2.75, 3.05) is 0 Å². The number of halogens is 1. The molecule has 1 aliphatic rings. The molecule has 0 radical (unpaired) electrons. The molecule has 2 aromatic carbocycles. The summed E-state index contributed by atoms with van der Waals surface area (Å²) in [5.74, 6) is 1.41. The fourth-order valence-corrected chi connectivity index (χ4v) is 2.76. The molecule has 1 N–H and O–H groups in total. The Morgan fingerprint density at radius 3 is 2.68 bits per heavy atom. The summed E-state index contributed by atoms with van der Waals surface area (Å²) >= 11 is 5.87. The molecular weight excluding hydrogens is 300 g/mol. The molecule has 0 aliphatic carbocycles. The molecule has 0 bridgehead atoms. The quantitative estimate of drug-likeness (QED) is 0.904. The zero-order valence-corrected chi connectivity index (χ0v) is 13.4. The van der Waals surface area contributed by atoms with Crippen molar-refractivity contribution in [3.8, 4) is 11.5 Å². The first-order valence-electron chi connectivity index (χ1n) is 7.31. The molecule has 0 saturated heterocycles. The van der Waals surface area contributed by atoms with Gasteiger partial charge in [-0.1, -0.05) is 23.7 Å². The smallest absolute Gasteiger partial charge is 0.129 e. The predicted molar refractivity (Wildman–Crippen MR) is 86.5 cm³/mol. The Morgan fingerprint density at radius 1 is 1.23 bits per heavy atom. The third-order valence-corrected chi connectivity index (χ3v) is 3.99. The van der Waals surface area contributed by atoms with E-state index in [1.54, 1.807) is 0 Å². The summed E-state index contributed by atoms with van der Waals surface area (Å²) in [4.78, 5) is 0. The van der Waals surface area contributed by atoms with Gasteiger partial charge >= 0.3 is 0 Å². The van der Waals surface area contributed by atoms with Crippen LogP contribution in [0.15, 0.2) is 42.5 Å². The van der Waals surface area contributed by atoms with E-state index in [9.17, 15) is 5.11 Å². The Labute approximate surface area is 135 Å². The lowest BCUT2D eigenvalue weighted by atomic mass is 9.92. The van der Waals surface area contributed by atoms with Gasteiger partial charge in [0.1, 0.15) is 23.7 Å². The van der Waals surface area contributed by atoms with E-state index >= 15 is 0 Å². The van der Waals surface area contributed by atoms with Crippen LogP contribution < -0.4 is 9.47 Å². The minimum absolute atomic E-state index is 0.374. The summed E-state index contributed by atoms with van der Waals surface area (Å²) in [7, 11) is 0. The van der Waals surface area contributed by atoms with E-state index in [2.05, 4.69) is 0 Å². The van der Waals surface area contributed by atoms with Gasteiger partial charge in [0.25, 0.3) is 0 Å².